The van der Waals surface area contributed by atoms with Crippen LogP contribution in [0.3, 0.4) is 0 Å². The average molecular weight is 240 g/mol. The van der Waals surface area contributed by atoms with Gasteiger partial charge in [-0.25, -0.2) is 4.79 Å². The second-order valence-electron chi connectivity index (χ2n) is 5.64. The SMILES string of the molecule is O=C(O)OC(C1CCCCC1)C1CCCCC1. The molecule has 2 aliphatic rings. The first-order valence-corrected chi connectivity index (χ1v) is 7.17. The van der Waals surface area contributed by atoms with Gasteiger partial charge in [-0.15, -0.1) is 0 Å². The lowest BCUT2D eigenvalue weighted by atomic mass is 9.75. The molecule has 2 aliphatic carbocycles. The molecule has 0 unspecified atom stereocenters. The van der Waals surface area contributed by atoms with Crippen molar-refractivity contribution in [2.24, 2.45) is 11.8 Å². The fourth-order valence-electron chi connectivity index (χ4n) is 3.62. The van der Waals surface area contributed by atoms with Crippen LogP contribution in [0, 0.1) is 11.8 Å². The molecule has 98 valence electrons. The number of carboxylic acid groups (broad SMARTS) is 1. The van der Waals surface area contributed by atoms with Crippen LogP contribution in [-0.4, -0.2) is 17.4 Å². The largest absolute Gasteiger partial charge is 0.506 e. The number of hydrogen-bond acceptors (Lipinski definition) is 2. The van der Waals surface area contributed by atoms with Crippen LogP contribution >= 0.6 is 0 Å². The summed E-state index contributed by atoms with van der Waals surface area (Å²) in [5.41, 5.74) is 0. The van der Waals surface area contributed by atoms with Crippen LogP contribution < -0.4 is 0 Å². The van der Waals surface area contributed by atoms with Crippen molar-refractivity contribution in [2.45, 2.75) is 70.3 Å². The van der Waals surface area contributed by atoms with Crippen molar-refractivity contribution in [1.82, 2.24) is 0 Å². The lowest BCUT2D eigenvalue weighted by Gasteiger charge is -2.36. The van der Waals surface area contributed by atoms with Crippen molar-refractivity contribution in [1.29, 1.82) is 0 Å². The average Bonchev–Trinajstić information content (AvgIpc) is 2.38. The van der Waals surface area contributed by atoms with E-state index in [1.165, 1.54) is 38.5 Å². The molecule has 2 saturated carbocycles. The molecule has 0 amide bonds. The normalized spacial score (nSPS) is 23.8. The molecule has 3 heteroatoms. The van der Waals surface area contributed by atoms with Gasteiger partial charge in [-0.2, -0.15) is 0 Å². The van der Waals surface area contributed by atoms with Gasteiger partial charge in [0.25, 0.3) is 0 Å². The molecule has 0 spiro atoms. The van der Waals surface area contributed by atoms with E-state index in [1.54, 1.807) is 0 Å². The van der Waals surface area contributed by atoms with E-state index in [9.17, 15) is 4.79 Å². The Hall–Kier alpha value is -0.730. The zero-order valence-corrected chi connectivity index (χ0v) is 10.6. The molecule has 0 radical (unpaired) electrons. The maximum Gasteiger partial charge on any atom is 0.506 e. The standard InChI is InChI=1S/C14H24O3/c15-14(16)17-13(11-7-3-1-4-8-11)12-9-5-2-6-10-12/h11-13H,1-10H2,(H,15,16). The minimum atomic E-state index is -1.08. The van der Waals surface area contributed by atoms with Crippen molar-refractivity contribution < 1.29 is 14.6 Å². The molecule has 0 bridgehead atoms. The van der Waals surface area contributed by atoms with E-state index in [0.717, 1.165) is 25.7 Å². The molecular formula is C14H24O3. The zero-order chi connectivity index (χ0) is 12.1. The maximum absolute atomic E-state index is 10.9. The Morgan fingerprint density at radius 1 is 0.882 bits per heavy atom. The molecule has 0 aliphatic heterocycles. The molecule has 0 aromatic carbocycles. The summed E-state index contributed by atoms with van der Waals surface area (Å²) in [7, 11) is 0. The Kier molecular flexibility index (Phi) is 4.69. The summed E-state index contributed by atoms with van der Waals surface area (Å²) < 4.78 is 5.25. The van der Waals surface area contributed by atoms with Crippen LogP contribution in [-0.2, 0) is 4.74 Å². The minimum Gasteiger partial charge on any atom is -0.450 e. The molecular weight excluding hydrogens is 216 g/mol. The topological polar surface area (TPSA) is 46.5 Å². The molecule has 17 heavy (non-hydrogen) atoms. The number of rotatable bonds is 3. The van der Waals surface area contributed by atoms with Crippen molar-refractivity contribution in [3.8, 4) is 0 Å². The quantitative estimate of drug-likeness (QED) is 0.752. The van der Waals surface area contributed by atoms with Gasteiger partial charge in [-0.1, -0.05) is 38.5 Å². The molecule has 1 N–H and O–H groups in total. The van der Waals surface area contributed by atoms with Crippen LogP contribution in [0.1, 0.15) is 64.2 Å². The van der Waals surface area contributed by atoms with Gasteiger partial charge in [0, 0.05) is 0 Å². The third-order valence-electron chi connectivity index (χ3n) is 4.47. The summed E-state index contributed by atoms with van der Waals surface area (Å²) >= 11 is 0. The van der Waals surface area contributed by atoms with Crippen molar-refractivity contribution in [3.05, 3.63) is 0 Å². The molecule has 0 saturated heterocycles. The summed E-state index contributed by atoms with van der Waals surface area (Å²) in [6, 6.07) is 0. The second-order valence-corrected chi connectivity index (χ2v) is 5.64. The smallest absolute Gasteiger partial charge is 0.450 e. The number of ether oxygens (including phenoxy) is 1. The third kappa shape index (κ3) is 3.62. The monoisotopic (exact) mass is 240 g/mol. The van der Waals surface area contributed by atoms with E-state index in [4.69, 9.17) is 9.84 Å². The highest BCUT2D eigenvalue weighted by Gasteiger charge is 2.34. The molecule has 2 fully saturated rings. The Labute approximate surface area is 104 Å². The summed E-state index contributed by atoms with van der Waals surface area (Å²) in [5.74, 6) is 0.978. The highest BCUT2D eigenvalue weighted by molar-refractivity contribution is 5.57. The zero-order valence-electron chi connectivity index (χ0n) is 10.6. The molecule has 3 nitrogen and oxygen atoms in total. The maximum atomic E-state index is 10.9. The summed E-state index contributed by atoms with van der Waals surface area (Å²) in [6.45, 7) is 0. The van der Waals surface area contributed by atoms with Crippen LogP contribution in [0.2, 0.25) is 0 Å². The van der Waals surface area contributed by atoms with Crippen molar-refractivity contribution in [3.63, 3.8) is 0 Å². The highest BCUT2D eigenvalue weighted by atomic mass is 16.7. The Bertz CT molecular complexity index is 222. The lowest BCUT2D eigenvalue weighted by molar-refractivity contribution is -0.0244. The third-order valence-corrected chi connectivity index (χ3v) is 4.47. The van der Waals surface area contributed by atoms with E-state index in [2.05, 4.69) is 0 Å². The molecule has 2 rings (SSSR count). The molecule has 0 aromatic rings. The van der Waals surface area contributed by atoms with Gasteiger partial charge in [-0.3, -0.25) is 0 Å². The van der Waals surface area contributed by atoms with Crippen LogP contribution in [0.25, 0.3) is 0 Å². The first-order valence-electron chi connectivity index (χ1n) is 7.17. The van der Waals surface area contributed by atoms with Crippen LogP contribution in [0.5, 0.6) is 0 Å². The second kappa shape index (κ2) is 6.27. The first kappa shape index (κ1) is 12.7. The van der Waals surface area contributed by atoms with E-state index in [1.807, 2.05) is 0 Å². The lowest BCUT2D eigenvalue weighted by Crippen LogP contribution is -2.36. The van der Waals surface area contributed by atoms with Gasteiger partial charge in [0.05, 0.1) is 0 Å². The predicted octanol–water partition coefficient (Wildman–Crippen LogP) is 4.21. The Morgan fingerprint density at radius 2 is 1.29 bits per heavy atom. The van der Waals surface area contributed by atoms with Gasteiger partial charge in [0.15, 0.2) is 0 Å². The van der Waals surface area contributed by atoms with E-state index in [-0.39, 0.29) is 6.10 Å². The Morgan fingerprint density at radius 3 is 1.65 bits per heavy atom. The molecule has 0 atom stereocenters. The highest BCUT2D eigenvalue weighted by Crippen LogP contribution is 2.37. The molecule has 0 heterocycles. The van der Waals surface area contributed by atoms with Gasteiger partial charge < -0.3 is 9.84 Å². The van der Waals surface area contributed by atoms with Crippen LogP contribution in [0.4, 0.5) is 4.79 Å². The van der Waals surface area contributed by atoms with E-state index in [0.29, 0.717) is 11.8 Å². The fraction of sp³-hybridized carbons (Fsp3) is 0.929. The summed E-state index contributed by atoms with van der Waals surface area (Å²) in [6.07, 6.45) is 11.1. The predicted molar refractivity (Wildman–Crippen MR) is 66.0 cm³/mol. The van der Waals surface area contributed by atoms with E-state index < -0.39 is 6.16 Å². The van der Waals surface area contributed by atoms with Crippen LogP contribution in [0.15, 0.2) is 0 Å². The molecule has 0 aromatic heterocycles. The van der Waals surface area contributed by atoms with Gasteiger partial charge in [0.2, 0.25) is 0 Å². The van der Waals surface area contributed by atoms with Gasteiger partial charge >= 0.3 is 6.16 Å². The minimum absolute atomic E-state index is 0.0203. The fourth-order valence-corrected chi connectivity index (χ4v) is 3.62. The summed E-state index contributed by atoms with van der Waals surface area (Å²) in [5, 5.41) is 8.92. The van der Waals surface area contributed by atoms with E-state index >= 15 is 0 Å². The van der Waals surface area contributed by atoms with Crippen molar-refractivity contribution >= 4 is 6.16 Å². The number of carbonyl (C=O) groups is 1. The summed E-state index contributed by atoms with van der Waals surface area (Å²) in [4.78, 5) is 10.9. The van der Waals surface area contributed by atoms with Gasteiger partial charge in [0.1, 0.15) is 6.10 Å². The number of hydrogen-bond donors (Lipinski definition) is 1. The van der Waals surface area contributed by atoms with Crippen molar-refractivity contribution in [2.75, 3.05) is 0 Å². The first-order chi connectivity index (χ1) is 8.27. The van der Waals surface area contributed by atoms with Gasteiger partial charge in [-0.05, 0) is 37.5 Å². The Balaban J connectivity index is 1.97.